The number of nitrogens with zero attached hydrogens (tertiary/aromatic N) is 2. The predicted molar refractivity (Wildman–Crippen MR) is 75.0 cm³/mol. The maximum atomic E-state index is 12.8. The normalized spacial score (nSPS) is 12.3. The minimum atomic E-state index is -0.193. The fourth-order valence-electron chi connectivity index (χ4n) is 1.91. The molecule has 0 fully saturated rings. The molecule has 0 bridgehead atoms. The van der Waals surface area contributed by atoms with Crippen LogP contribution in [0.15, 0.2) is 43.2 Å². The van der Waals surface area contributed by atoms with Gasteiger partial charge in [-0.3, -0.25) is 0 Å². The van der Waals surface area contributed by atoms with E-state index in [1.807, 2.05) is 24.5 Å². The molecule has 1 aromatic carbocycles. The molecule has 1 heterocycles. The van der Waals surface area contributed by atoms with E-state index < -0.39 is 0 Å². The monoisotopic (exact) mass is 259 g/mol. The third-order valence-corrected chi connectivity index (χ3v) is 2.95. The van der Waals surface area contributed by atoms with Gasteiger partial charge in [-0.25, -0.2) is 9.07 Å². The van der Waals surface area contributed by atoms with Crippen LogP contribution in [0.25, 0.3) is 6.20 Å². The zero-order valence-electron chi connectivity index (χ0n) is 11.0. The molecule has 19 heavy (non-hydrogen) atoms. The molecule has 2 aromatic rings. The first-order valence-electron chi connectivity index (χ1n) is 6.31. The standard InChI is InChI=1S/C15H18FN3/c1-3-19-11-14(10-18-19)9-17-12(2)8-13-4-6-15(16)7-5-13/h3-7,10-12,17H,1,8-9H2,2H3. The van der Waals surface area contributed by atoms with Crippen molar-refractivity contribution in [3.63, 3.8) is 0 Å². The van der Waals surface area contributed by atoms with Crippen LogP contribution in [0.1, 0.15) is 18.1 Å². The molecule has 3 nitrogen and oxygen atoms in total. The van der Waals surface area contributed by atoms with Gasteiger partial charge in [-0.2, -0.15) is 5.10 Å². The molecule has 2 rings (SSSR count). The molecule has 1 atom stereocenters. The lowest BCUT2D eigenvalue weighted by atomic mass is 10.1. The quantitative estimate of drug-likeness (QED) is 0.864. The maximum Gasteiger partial charge on any atom is 0.123 e. The first kappa shape index (κ1) is 13.5. The molecule has 0 saturated carbocycles. The zero-order valence-corrected chi connectivity index (χ0v) is 11.0. The third-order valence-electron chi connectivity index (χ3n) is 2.95. The van der Waals surface area contributed by atoms with Crippen molar-refractivity contribution in [2.24, 2.45) is 0 Å². The largest absolute Gasteiger partial charge is 0.310 e. The van der Waals surface area contributed by atoms with Crippen LogP contribution in [0.4, 0.5) is 4.39 Å². The van der Waals surface area contributed by atoms with Crippen molar-refractivity contribution in [3.8, 4) is 0 Å². The summed E-state index contributed by atoms with van der Waals surface area (Å²) < 4.78 is 14.5. The van der Waals surface area contributed by atoms with Crippen molar-refractivity contribution in [2.45, 2.75) is 25.9 Å². The summed E-state index contributed by atoms with van der Waals surface area (Å²) in [6.07, 6.45) is 6.28. The molecule has 0 saturated heterocycles. The Morgan fingerprint density at radius 2 is 2.11 bits per heavy atom. The summed E-state index contributed by atoms with van der Waals surface area (Å²) >= 11 is 0. The van der Waals surface area contributed by atoms with Crippen molar-refractivity contribution in [3.05, 3.63) is 60.2 Å². The molecular weight excluding hydrogens is 241 g/mol. The van der Waals surface area contributed by atoms with Gasteiger partial charge in [0.2, 0.25) is 0 Å². The fraction of sp³-hybridized carbons (Fsp3) is 0.267. The second-order valence-corrected chi connectivity index (χ2v) is 4.62. The highest BCUT2D eigenvalue weighted by Crippen LogP contribution is 2.06. The van der Waals surface area contributed by atoms with Crippen molar-refractivity contribution in [1.82, 2.24) is 15.1 Å². The lowest BCUT2D eigenvalue weighted by Gasteiger charge is -2.13. The first-order valence-corrected chi connectivity index (χ1v) is 6.31. The van der Waals surface area contributed by atoms with Gasteiger partial charge in [0.25, 0.3) is 0 Å². The van der Waals surface area contributed by atoms with Crippen molar-refractivity contribution < 1.29 is 4.39 Å². The van der Waals surface area contributed by atoms with E-state index in [0.29, 0.717) is 6.04 Å². The summed E-state index contributed by atoms with van der Waals surface area (Å²) in [6.45, 7) is 6.52. The van der Waals surface area contributed by atoms with E-state index in [1.54, 1.807) is 10.9 Å². The molecule has 100 valence electrons. The topological polar surface area (TPSA) is 29.9 Å². The number of halogens is 1. The van der Waals surface area contributed by atoms with E-state index >= 15 is 0 Å². The van der Waals surface area contributed by atoms with Crippen molar-refractivity contribution >= 4 is 6.20 Å². The van der Waals surface area contributed by atoms with E-state index in [1.165, 1.54) is 12.1 Å². The van der Waals surface area contributed by atoms with Gasteiger partial charge in [0.15, 0.2) is 0 Å². The fourth-order valence-corrected chi connectivity index (χ4v) is 1.91. The van der Waals surface area contributed by atoms with Gasteiger partial charge < -0.3 is 5.32 Å². The Labute approximate surface area is 112 Å². The SMILES string of the molecule is C=Cn1cc(CNC(C)Cc2ccc(F)cc2)cn1. The molecule has 1 unspecified atom stereocenters. The summed E-state index contributed by atoms with van der Waals surface area (Å²) in [5.41, 5.74) is 2.24. The Hall–Kier alpha value is -1.94. The van der Waals surface area contributed by atoms with Gasteiger partial charge >= 0.3 is 0 Å². The number of hydrogen-bond acceptors (Lipinski definition) is 2. The van der Waals surface area contributed by atoms with Crippen LogP contribution in [0.5, 0.6) is 0 Å². The van der Waals surface area contributed by atoms with Crippen LogP contribution in [-0.4, -0.2) is 15.8 Å². The molecule has 0 aliphatic rings. The van der Waals surface area contributed by atoms with E-state index in [9.17, 15) is 4.39 Å². The predicted octanol–water partition coefficient (Wildman–Crippen LogP) is 2.84. The second-order valence-electron chi connectivity index (χ2n) is 4.62. The lowest BCUT2D eigenvalue weighted by molar-refractivity contribution is 0.544. The van der Waals surface area contributed by atoms with E-state index in [0.717, 1.165) is 24.1 Å². The summed E-state index contributed by atoms with van der Waals surface area (Å²) in [6, 6.07) is 6.95. The van der Waals surface area contributed by atoms with Crippen LogP contribution in [0.3, 0.4) is 0 Å². The third kappa shape index (κ3) is 4.03. The van der Waals surface area contributed by atoms with Crippen molar-refractivity contribution in [2.75, 3.05) is 0 Å². The minimum Gasteiger partial charge on any atom is -0.310 e. The molecule has 4 heteroatoms. The smallest absolute Gasteiger partial charge is 0.123 e. The summed E-state index contributed by atoms with van der Waals surface area (Å²) in [7, 11) is 0. The highest BCUT2D eigenvalue weighted by atomic mass is 19.1. The highest BCUT2D eigenvalue weighted by molar-refractivity contribution is 5.18. The molecule has 0 spiro atoms. The van der Waals surface area contributed by atoms with Crippen LogP contribution in [0, 0.1) is 5.82 Å². The van der Waals surface area contributed by atoms with Gasteiger partial charge in [0, 0.05) is 30.5 Å². The van der Waals surface area contributed by atoms with Crippen LogP contribution in [-0.2, 0) is 13.0 Å². The number of hydrogen-bond donors (Lipinski definition) is 1. The van der Waals surface area contributed by atoms with Gasteiger partial charge in [-0.15, -0.1) is 0 Å². The highest BCUT2D eigenvalue weighted by Gasteiger charge is 2.04. The molecule has 0 amide bonds. The summed E-state index contributed by atoms with van der Waals surface area (Å²) in [5.74, 6) is -0.193. The minimum absolute atomic E-state index is 0.193. The molecule has 0 aliphatic carbocycles. The number of nitrogens with one attached hydrogen (secondary N) is 1. The Morgan fingerprint density at radius 1 is 1.37 bits per heavy atom. The van der Waals surface area contributed by atoms with E-state index in [2.05, 4.69) is 23.9 Å². The summed E-state index contributed by atoms with van der Waals surface area (Å²) in [4.78, 5) is 0. The average molecular weight is 259 g/mol. The van der Waals surface area contributed by atoms with Gasteiger partial charge in [0.05, 0.1) is 6.20 Å². The van der Waals surface area contributed by atoms with Gasteiger partial charge in [-0.1, -0.05) is 18.7 Å². The number of rotatable bonds is 6. The Bertz CT molecular complexity index is 531. The Kier molecular flexibility index (Phi) is 4.47. The molecule has 0 radical (unpaired) electrons. The zero-order chi connectivity index (χ0) is 13.7. The Balaban J connectivity index is 1.82. The van der Waals surface area contributed by atoms with Gasteiger partial charge in [0.1, 0.15) is 5.82 Å². The molecule has 1 aromatic heterocycles. The van der Waals surface area contributed by atoms with Crippen LogP contribution >= 0.6 is 0 Å². The van der Waals surface area contributed by atoms with E-state index in [4.69, 9.17) is 0 Å². The summed E-state index contributed by atoms with van der Waals surface area (Å²) in [5, 5.41) is 7.54. The van der Waals surface area contributed by atoms with Crippen LogP contribution in [0.2, 0.25) is 0 Å². The van der Waals surface area contributed by atoms with Crippen LogP contribution < -0.4 is 5.32 Å². The molecule has 1 N–H and O–H groups in total. The lowest BCUT2D eigenvalue weighted by Crippen LogP contribution is -2.27. The van der Waals surface area contributed by atoms with Crippen molar-refractivity contribution in [1.29, 1.82) is 0 Å². The Morgan fingerprint density at radius 3 is 2.74 bits per heavy atom. The molecule has 0 aliphatic heterocycles. The number of aromatic nitrogens is 2. The maximum absolute atomic E-state index is 12.8. The average Bonchev–Trinajstić information content (AvgIpc) is 2.87. The molecular formula is C15H18FN3. The first-order chi connectivity index (χ1) is 9.17. The number of benzene rings is 1. The van der Waals surface area contributed by atoms with E-state index in [-0.39, 0.29) is 5.82 Å². The second kappa shape index (κ2) is 6.29. The van der Waals surface area contributed by atoms with Gasteiger partial charge in [-0.05, 0) is 31.0 Å².